The van der Waals surface area contributed by atoms with Crippen LogP contribution in [0.25, 0.3) is 11.1 Å². The minimum absolute atomic E-state index is 0.0656. The van der Waals surface area contributed by atoms with Crippen molar-refractivity contribution in [1.82, 2.24) is 5.32 Å². The SMILES string of the molecule is CCOCCOCCOCCOCCOCCCNC(=O)OCC1c2ccccc2-c2ccccc21. The number of benzene rings is 2. The van der Waals surface area contributed by atoms with E-state index >= 15 is 0 Å². The largest absolute Gasteiger partial charge is 0.449 e. The number of ether oxygens (including phenoxy) is 6. The predicted octanol–water partition coefficient (Wildman–Crippen LogP) is 4.02. The maximum Gasteiger partial charge on any atom is 0.407 e. The van der Waals surface area contributed by atoms with Crippen molar-refractivity contribution >= 4 is 6.09 Å². The van der Waals surface area contributed by atoms with Crippen LogP contribution in [-0.2, 0) is 28.4 Å². The molecule has 0 fully saturated rings. The summed E-state index contributed by atoms with van der Waals surface area (Å²) in [5, 5.41) is 2.80. The first-order valence-corrected chi connectivity index (χ1v) is 12.8. The van der Waals surface area contributed by atoms with Crippen molar-refractivity contribution in [2.75, 3.05) is 79.2 Å². The Kier molecular flexibility index (Phi) is 13.3. The molecule has 0 aromatic heterocycles. The van der Waals surface area contributed by atoms with E-state index in [-0.39, 0.29) is 5.92 Å². The van der Waals surface area contributed by atoms with Crippen LogP contribution in [0.5, 0.6) is 0 Å². The van der Waals surface area contributed by atoms with E-state index in [9.17, 15) is 4.79 Å². The minimum atomic E-state index is -0.403. The summed E-state index contributed by atoms with van der Waals surface area (Å²) in [4.78, 5) is 12.2. The topological polar surface area (TPSA) is 84.5 Å². The number of carbonyl (C=O) groups excluding carboxylic acids is 1. The van der Waals surface area contributed by atoms with Gasteiger partial charge in [-0.15, -0.1) is 0 Å². The van der Waals surface area contributed by atoms with Gasteiger partial charge in [-0.1, -0.05) is 48.5 Å². The van der Waals surface area contributed by atoms with Crippen LogP contribution in [0.1, 0.15) is 30.4 Å². The first-order valence-electron chi connectivity index (χ1n) is 12.8. The fraction of sp³-hybridized carbons (Fsp3) is 0.536. The van der Waals surface area contributed by atoms with Gasteiger partial charge < -0.3 is 33.7 Å². The normalized spacial score (nSPS) is 12.4. The number of rotatable bonds is 19. The molecular weight excluding hydrogens is 462 g/mol. The number of nitrogens with one attached hydrogen (secondary N) is 1. The van der Waals surface area contributed by atoms with Gasteiger partial charge in [0.25, 0.3) is 0 Å². The average Bonchev–Trinajstić information content (AvgIpc) is 3.23. The van der Waals surface area contributed by atoms with Crippen LogP contribution >= 0.6 is 0 Å². The van der Waals surface area contributed by atoms with Gasteiger partial charge in [0.2, 0.25) is 0 Å². The monoisotopic (exact) mass is 501 g/mol. The van der Waals surface area contributed by atoms with E-state index in [4.69, 9.17) is 28.4 Å². The Hall–Kier alpha value is -2.49. The molecule has 0 unspecified atom stereocenters. The van der Waals surface area contributed by atoms with Gasteiger partial charge >= 0.3 is 6.09 Å². The van der Waals surface area contributed by atoms with Gasteiger partial charge in [0.05, 0.1) is 52.9 Å². The van der Waals surface area contributed by atoms with E-state index in [0.29, 0.717) is 85.6 Å². The van der Waals surface area contributed by atoms with Crippen molar-refractivity contribution in [3.05, 3.63) is 59.7 Å². The maximum atomic E-state index is 12.2. The smallest absolute Gasteiger partial charge is 0.407 e. The summed E-state index contributed by atoms with van der Waals surface area (Å²) < 4.78 is 32.5. The molecule has 8 heteroatoms. The second kappa shape index (κ2) is 17.1. The summed E-state index contributed by atoms with van der Waals surface area (Å²) in [7, 11) is 0. The molecule has 0 saturated carbocycles. The molecule has 198 valence electrons. The van der Waals surface area contributed by atoms with Crippen LogP contribution in [0.2, 0.25) is 0 Å². The third-order valence-corrected chi connectivity index (χ3v) is 5.77. The molecule has 0 radical (unpaired) electrons. The third kappa shape index (κ3) is 9.52. The zero-order valence-electron chi connectivity index (χ0n) is 21.2. The van der Waals surface area contributed by atoms with Crippen molar-refractivity contribution in [3.8, 4) is 11.1 Å². The molecule has 1 amide bonds. The van der Waals surface area contributed by atoms with E-state index in [1.165, 1.54) is 22.3 Å². The quantitative estimate of drug-likeness (QED) is 0.291. The number of hydrogen-bond acceptors (Lipinski definition) is 7. The fourth-order valence-electron chi connectivity index (χ4n) is 4.04. The van der Waals surface area contributed by atoms with Crippen molar-refractivity contribution in [2.45, 2.75) is 19.3 Å². The molecule has 0 aliphatic heterocycles. The van der Waals surface area contributed by atoms with Gasteiger partial charge in [-0.3, -0.25) is 0 Å². The van der Waals surface area contributed by atoms with E-state index in [0.717, 1.165) is 0 Å². The van der Waals surface area contributed by atoms with E-state index < -0.39 is 6.09 Å². The van der Waals surface area contributed by atoms with Crippen molar-refractivity contribution < 1.29 is 33.2 Å². The van der Waals surface area contributed by atoms with Gasteiger partial charge in [-0.05, 0) is 35.6 Å². The van der Waals surface area contributed by atoms with Gasteiger partial charge in [-0.25, -0.2) is 4.79 Å². The van der Waals surface area contributed by atoms with E-state index in [1.807, 2.05) is 31.2 Å². The number of amides is 1. The molecule has 0 bridgehead atoms. The maximum absolute atomic E-state index is 12.2. The highest BCUT2D eigenvalue weighted by Crippen LogP contribution is 2.44. The van der Waals surface area contributed by atoms with Crippen LogP contribution in [0.15, 0.2) is 48.5 Å². The average molecular weight is 502 g/mol. The highest BCUT2D eigenvalue weighted by Gasteiger charge is 2.28. The van der Waals surface area contributed by atoms with Gasteiger partial charge in [0, 0.05) is 25.7 Å². The Morgan fingerprint density at radius 2 is 1.17 bits per heavy atom. The minimum Gasteiger partial charge on any atom is -0.449 e. The molecule has 0 spiro atoms. The van der Waals surface area contributed by atoms with Crippen LogP contribution in [0.3, 0.4) is 0 Å². The summed E-state index contributed by atoms with van der Waals surface area (Å²) >= 11 is 0. The van der Waals surface area contributed by atoms with Crippen LogP contribution in [0, 0.1) is 0 Å². The number of alkyl carbamates (subject to hydrolysis) is 1. The van der Waals surface area contributed by atoms with Gasteiger partial charge in [0.1, 0.15) is 6.61 Å². The molecule has 0 atom stereocenters. The number of carbonyl (C=O) groups is 1. The summed E-state index contributed by atoms with van der Waals surface area (Å²) in [5.41, 5.74) is 4.84. The van der Waals surface area contributed by atoms with Crippen molar-refractivity contribution in [1.29, 1.82) is 0 Å². The summed E-state index contributed by atoms with van der Waals surface area (Å²) in [6.07, 6.45) is 0.302. The highest BCUT2D eigenvalue weighted by atomic mass is 16.6. The lowest BCUT2D eigenvalue weighted by atomic mass is 9.98. The van der Waals surface area contributed by atoms with Crippen LogP contribution in [0.4, 0.5) is 4.79 Å². The van der Waals surface area contributed by atoms with Crippen molar-refractivity contribution in [3.63, 3.8) is 0 Å². The number of fused-ring (bicyclic) bond motifs is 3. The molecule has 2 aromatic rings. The van der Waals surface area contributed by atoms with Crippen LogP contribution in [-0.4, -0.2) is 85.3 Å². The van der Waals surface area contributed by atoms with Crippen LogP contribution < -0.4 is 5.32 Å². The zero-order valence-corrected chi connectivity index (χ0v) is 21.2. The predicted molar refractivity (Wildman–Crippen MR) is 137 cm³/mol. The first kappa shape index (κ1) is 28.1. The highest BCUT2D eigenvalue weighted by molar-refractivity contribution is 5.79. The lowest BCUT2D eigenvalue weighted by molar-refractivity contribution is -0.0103. The standard InChI is InChI=1S/C28H39NO7/c1-2-31-14-15-33-18-19-35-21-20-34-17-16-32-13-7-12-29-28(30)36-22-27-25-10-5-3-8-23(25)24-9-4-6-11-26(24)27/h3-6,8-11,27H,2,7,12-22H2,1H3,(H,29,30). The molecule has 3 rings (SSSR count). The lowest BCUT2D eigenvalue weighted by Crippen LogP contribution is -2.27. The Labute approximate surface area is 214 Å². The zero-order chi connectivity index (χ0) is 25.3. The molecular formula is C28H39NO7. The third-order valence-electron chi connectivity index (χ3n) is 5.77. The van der Waals surface area contributed by atoms with E-state index in [2.05, 4.69) is 29.6 Å². The summed E-state index contributed by atoms with van der Waals surface area (Å²) in [6, 6.07) is 16.6. The van der Waals surface area contributed by atoms with Gasteiger partial charge in [-0.2, -0.15) is 0 Å². The molecule has 1 aliphatic rings. The fourth-order valence-corrected chi connectivity index (χ4v) is 4.04. The second-order valence-electron chi connectivity index (χ2n) is 8.25. The Morgan fingerprint density at radius 1 is 0.694 bits per heavy atom. The molecule has 1 aliphatic carbocycles. The summed E-state index contributed by atoms with van der Waals surface area (Å²) in [6.45, 7) is 8.39. The molecule has 0 saturated heterocycles. The Bertz CT molecular complexity index is 846. The van der Waals surface area contributed by atoms with E-state index in [1.54, 1.807) is 0 Å². The number of hydrogen-bond donors (Lipinski definition) is 1. The molecule has 36 heavy (non-hydrogen) atoms. The molecule has 2 aromatic carbocycles. The molecule has 1 N–H and O–H groups in total. The summed E-state index contributed by atoms with van der Waals surface area (Å²) in [5.74, 6) is 0.0656. The molecule has 8 nitrogen and oxygen atoms in total. The van der Waals surface area contributed by atoms with Crippen molar-refractivity contribution in [2.24, 2.45) is 0 Å². The Balaban J connectivity index is 1.14. The second-order valence-corrected chi connectivity index (χ2v) is 8.25. The van der Waals surface area contributed by atoms with Gasteiger partial charge in [0.15, 0.2) is 0 Å². The lowest BCUT2D eigenvalue weighted by Gasteiger charge is -2.14. The Morgan fingerprint density at radius 3 is 1.69 bits per heavy atom. The molecule has 0 heterocycles. The first-order chi connectivity index (χ1) is 17.8.